The van der Waals surface area contributed by atoms with Crippen LogP contribution in [0, 0.1) is 0 Å². The zero-order valence-electron chi connectivity index (χ0n) is 22.4. The Kier molecular flexibility index (Phi) is 6.55. The van der Waals surface area contributed by atoms with Gasteiger partial charge in [-0.25, -0.2) is 19.6 Å². The van der Waals surface area contributed by atoms with Crippen LogP contribution in [0.25, 0.3) is 11.4 Å². The molecule has 1 aromatic carbocycles. The highest BCUT2D eigenvalue weighted by Crippen LogP contribution is 2.40. The van der Waals surface area contributed by atoms with Crippen molar-refractivity contribution in [3.05, 3.63) is 71.1 Å². The number of aromatic nitrogens is 6. The van der Waals surface area contributed by atoms with Crippen molar-refractivity contribution >= 4 is 11.7 Å². The second-order valence-corrected chi connectivity index (χ2v) is 10.1. The minimum Gasteiger partial charge on any atom is -0.480 e. The average molecular weight is 551 g/mol. The first-order valence-electron chi connectivity index (χ1n) is 13.3. The zero-order valence-corrected chi connectivity index (χ0v) is 22.4. The molecular formula is C28H29F3N8O. The molecular weight excluding hydrogens is 521 g/mol. The Hall–Kier alpha value is -4.22. The van der Waals surface area contributed by atoms with E-state index in [1.54, 1.807) is 32.4 Å². The number of hydrogen-bond acceptors (Lipinski definition) is 7. The van der Waals surface area contributed by atoms with Crippen LogP contribution in [0.2, 0.25) is 0 Å². The number of methoxy groups -OCH3 is 1. The molecule has 1 unspecified atom stereocenters. The van der Waals surface area contributed by atoms with Crippen LogP contribution in [0.1, 0.15) is 73.1 Å². The topological polar surface area (TPSA) is 95.0 Å². The maximum atomic E-state index is 13.2. The summed E-state index contributed by atoms with van der Waals surface area (Å²) in [5.41, 5.74) is 3.36. The number of rotatable bonds is 7. The summed E-state index contributed by atoms with van der Waals surface area (Å²) in [5, 5.41) is 8.12. The van der Waals surface area contributed by atoms with Gasteiger partial charge in [0.2, 0.25) is 5.88 Å². The largest absolute Gasteiger partial charge is 0.480 e. The van der Waals surface area contributed by atoms with Crippen molar-refractivity contribution < 1.29 is 17.9 Å². The summed E-state index contributed by atoms with van der Waals surface area (Å²) in [4.78, 5) is 17.6. The number of hydrogen-bond donors (Lipinski definition) is 1. The van der Waals surface area contributed by atoms with Gasteiger partial charge in [0.05, 0.1) is 31.6 Å². The van der Waals surface area contributed by atoms with E-state index in [0.717, 1.165) is 47.2 Å². The maximum absolute atomic E-state index is 13.2. The minimum atomic E-state index is -4.49. The predicted molar refractivity (Wildman–Crippen MR) is 143 cm³/mol. The molecule has 1 N–H and O–H groups in total. The Labute approximate surface area is 229 Å². The summed E-state index contributed by atoms with van der Waals surface area (Å²) >= 11 is 0. The van der Waals surface area contributed by atoms with E-state index in [0.29, 0.717) is 36.3 Å². The third-order valence-electron chi connectivity index (χ3n) is 7.71. The number of aryl methyl sites for hydroxylation is 1. The van der Waals surface area contributed by atoms with Crippen LogP contribution in [-0.4, -0.2) is 42.2 Å². The third kappa shape index (κ3) is 4.50. The summed E-state index contributed by atoms with van der Waals surface area (Å²) in [5.74, 6) is 2.61. The SMILES string of the molecule is CCn1cc(C(F)(F)F)nc1-c1ccc(C(C)n2ncc3c2NC(c2c(OC)ncnc2C2CCC2)=NC3)cc1. The van der Waals surface area contributed by atoms with Gasteiger partial charge in [-0.3, -0.25) is 4.99 Å². The monoisotopic (exact) mass is 550 g/mol. The van der Waals surface area contributed by atoms with Gasteiger partial charge >= 0.3 is 6.18 Å². The molecule has 0 radical (unpaired) electrons. The lowest BCUT2D eigenvalue weighted by molar-refractivity contribution is -0.140. The molecule has 4 heterocycles. The van der Waals surface area contributed by atoms with Crippen LogP contribution in [-0.2, 0) is 19.3 Å². The first-order chi connectivity index (χ1) is 19.3. The van der Waals surface area contributed by atoms with E-state index in [-0.39, 0.29) is 11.9 Å². The molecule has 1 atom stereocenters. The van der Waals surface area contributed by atoms with E-state index in [1.165, 1.54) is 17.3 Å². The van der Waals surface area contributed by atoms with Crippen molar-refractivity contribution in [2.75, 3.05) is 12.4 Å². The van der Waals surface area contributed by atoms with Crippen molar-refractivity contribution in [1.82, 2.24) is 29.3 Å². The van der Waals surface area contributed by atoms with E-state index >= 15 is 0 Å². The number of alkyl halides is 3. The van der Waals surface area contributed by atoms with Crippen LogP contribution in [0.15, 0.2) is 48.0 Å². The molecule has 208 valence electrons. The highest BCUT2D eigenvalue weighted by Gasteiger charge is 2.35. The van der Waals surface area contributed by atoms with E-state index in [4.69, 9.17) is 9.73 Å². The second kappa shape index (κ2) is 10.1. The van der Waals surface area contributed by atoms with Crippen molar-refractivity contribution in [3.8, 4) is 17.3 Å². The lowest BCUT2D eigenvalue weighted by Gasteiger charge is -2.28. The summed E-state index contributed by atoms with van der Waals surface area (Å²) < 4.78 is 48.7. The molecule has 0 amide bonds. The Morgan fingerprint density at radius 1 is 1.15 bits per heavy atom. The van der Waals surface area contributed by atoms with E-state index in [1.807, 2.05) is 23.7 Å². The van der Waals surface area contributed by atoms with E-state index in [2.05, 4.69) is 25.4 Å². The summed E-state index contributed by atoms with van der Waals surface area (Å²) in [6.07, 6.45) is 3.22. The number of amidine groups is 1. The molecule has 0 bridgehead atoms. The quantitative estimate of drug-likeness (QED) is 0.311. The highest BCUT2D eigenvalue weighted by atomic mass is 19.4. The lowest BCUT2D eigenvalue weighted by Crippen LogP contribution is -2.26. The number of nitrogens with zero attached hydrogens (tertiary/aromatic N) is 7. The Morgan fingerprint density at radius 3 is 2.58 bits per heavy atom. The number of aliphatic imine (C=N–C) groups is 1. The van der Waals surface area contributed by atoms with Gasteiger partial charge in [0, 0.05) is 29.8 Å². The van der Waals surface area contributed by atoms with Crippen molar-refractivity contribution in [1.29, 1.82) is 0 Å². The molecule has 1 saturated carbocycles. The maximum Gasteiger partial charge on any atom is 0.434 e. The first-order valence-corrected chi connectivity index (χ1v) is 13.3. The Bertz CT molecular complexity index is 1570. The highest BCUT2D eigenvalue weighted by molar-refractivity contribution is 6.11. The van der Waals surface area contributed by atoms with Gasteiger partial charge in [-0.1, -0.05) is 30.7 Å². The molecule has 0 saturated heterocycles. The van der Waals surface area contributed by atoms with Gasteiger partial charge < -0.3 is 14.6 Å². The molecule has 1 aliphatic heterocycles. The average Bonchev–Trinajstić information content (AvgIpc) is 3.56. The fourth-order valence-electron chi connectivity index (χ4n) is 5.23. The first kappa shape index (κ1) is 26.0. The summed E-state index contributed by atoms with van der Waals surface area (Å²) in [7, 11) is 1.60. The smallest absolute Gasteiger partial charge is 0.434 e. The molecule has 0 spiro atoms. The standard InChI is InChI=1S/C28H29F3N8O/c1-4-38-14-21(28(29,30)31)36-25(38)19-10-8-17(9-11-19)16(2)39-26-20(13-35-39)12-32-24(37-26)22-23(18-6-5-7-18)33-15-34-27(22)40-3/h8-11,13-16,18H,4-7,12H2,1-3H3,(H,32,37). The number of imidazole rings is 1. The fraction of sp³-hybridized carbons (Fsp3) is 0.393. The Morgan fingerprint density at radius 2 is 1.93 bits per heavy atom. The van der Waals surface area contributed by atoms with Crippen LogP contribution in [0.5, 0.6) is 5.88 Å². The van der Waals surface area contributed by atoms with Gasteiger partial charge in [-0.05, 0) is 32.3 Å². The molecule has 3 aromatic heterocycles. The normalized spacial score (nSPS) is 16.1. The van der Waals surface area contributed by atoms with Gasteiger partial charge in [0.15, 0.2) is 5.69 Å². The summed E-state index contributed by atoms with van der Waals surface area (Å²) in [6, 6.07) is 7.23. The minimum absolute atomic E-state index is 0.165. The number of halogens is 3. The molecule has 2 aliphatic rings. The van der Waals surface area contributed by atoms with Gasteiger partial charge in [-0.15, -0.1) is 0 Å². The summed E-state index contributed by atoms with van der Waals surface area (Å²) in [6.45, 7) is 4.65. The molecule has 40 heavy (non-hydrogen) atoms. The number of fused-ring (bicyclic) bond motifs is 1. The van der Waals surface area contributed by atoms with Crippen LogP contribution < -0.4 is 10.1 Å². The Balaban J connectivity index is 1.28. The van der Waals surface area contributed by atoms with Gasteiger partial charge in [-0.2, -0.15) is 18.3 Å². The fourth-order valence-corrected chi connectivity index (χ4v) is 5.23. The lowest BCUT2D eigenvalue weighted by atomic mass is 9.81. The van der Waals surface area contributed by atoms with Crippen LogP contribution in [0.3, 0.4) is 0 Å². The van der Waals surface area contributed by atoms with E-state index < -0.39 is 11.9 Å². The number of ether oxygens (including phenoxy) is 1. The van der Waals surface area contributed by atoms with E-state index in [9.17, 15) is 13.2 Å². The number of anilines is 1. The molecule has 1 fully saturated rings. The number of nitrogens with one attached hydrogen (secondary N) is 1. The van der Waals surface area contributed by atoms with Crippen molar-refractivity contribution in [2.45, 2.75) is 64.3 Å². The molecule has 4 aromatic rings. The van der Waals surface area contributed by atoms with Crippen molar-refractivity contribution in [2.24, 2.45) is 4.99 Å². The number of benzene rings is 1. The molecule has 1 aliphatic carbocycles. The van der Waals surface area contributed by atoms with Crippen LogP contribution in [0.4, 0.5) is 19.0 Å². The molecule has 9 nitrogen and oxygen atoms in total. The molecule has 6 rings (SSSR count). The molecule has 12 heteroatoms. The zero-order chi connectivity index (χ0) is 28.0. The second-order valence-electron chi connectivity index (χ2n) is 10.1. The van der Waals surface area contributed by atoms with Crippen LogP contribution >= 0.6 is 0 Å². The predicted octanol–water partition coefficient (Wildman–Crippen LogP) is 5.83. The van der Waals surface area contributed by atoms with Gasteiger partial charge in [0.1, 0.15) is 29.4 Å². The van der Waals surface area contributed by atoms with Gasteiger partial charge in [0.25, 0.3) is 0 Å². The van der Waals surface area contributed by atoms with Crippen molar-refractivity contribution in [3.63, 3.8) is 0 Å². The third-order valence-corrected chi connectivity index (χ3v) is 7.71.